The van der Waals surface area contributed by atoms with Gasteiger partial charge in [-0.25, -0.2) is 0 Å². The SMILES string of the molecule is CCl.Cl.NNc1cc(Cl)ccc1Cl.O=C1CCCCC1=O.O=C1CCCc2c1[nH]c1c(Cl)ccc(Cl)c21. The van der Waals surface area contributed by atoms with Crippen LogP contribution in [-0.2, 0) is 16.0 Å². The third-order valence-electron chi connectivity index (χ3n) is 5.52. The molecule has 0 atom stereocenters. The molecule has 202 valence electrons. The highest BCUT2D eigenvalue weighted by atomic mass is 35.5. The van der Waals surface area contributed by atoms with Gasteiger partial charge in [-0.2, -0.15) is 0 Å². The largest absolute Gasteiger partial charge is 0.351 e. The molecule has 1 aromatic heterocycles. The van der Waals surface area contributed by atoms with E-state index >= 15 is 0 Å². The maximum absolute atomic E-state index is 11.8. The molecule has 2 aliphatic rings. The minimum absolute atomic E-state index is 0. The van der Waals surface area contributed by atoms with Crippen molar-refractivity contribution in [1.82, 2.24) is 4.98 Å². The number of ketones is 3. The van der Waals surface area contributed by atoms with Crippen LogP contribution in [0, 0.1) is 0 Å². The number of carbonyl (C=O) groups excluding carboxylic acids is 3. The molecule has 2 aliphatic carbocycles. The van der Waals surface area contributed by atoms with Gasteiger partial charge in [0.05, 0.1) is 32.0 Å². The first-order valence-corrected chi connectivity index (χ1v) is 13.4. The van der Waals surface area contributed by atoms with Crippen LogP contribution < -0.4 is 11.3 Å². The van der Waals surface area contributed by atoms with Crippen molar-refractivity contribution >= 4 is 104 Å². The number of H-pyrrole nitrogens is 1. The van der Waals surface area contributed by atoms with E-state index in [0.717, 1.165) is 42.1 Å². The first-order valence-electron chi connectivity index (χ1n) is 11.1. The number of anilines is 1. The minimum Gasteiger partial charge on any atom is -0.351 e. The predicted octanol–water partition coefficient (Wildman–Crippen LogP) is 8.25. The molecule has 0 bridgehead atoms. The summed E-state index contributed by atoms with van der Waals surface area (Å²) in [6, 6.07) is 8.56. The third kappa shape index (κ3) is 9.03. The van der Waals surface area contributed by atoms with Crippen molar-refractivity contribution in [3.8, 4) is 0 Å². The Labute approximate surface area is 246 Å². The average molecular weight is 630 g/mol. The summed E-state index contributed by atoms with van der Waals surface area (Å²) in [6.07, 6.45) is 6.64. The zero-order chi connectivity index (χ0) is 26.8. The Balaban J connectivity index is 0.000000283. The number of hydrogen-bond donors (Lipinski definition) is 3. The summed E-state index contributed by atoms with van der Waals surface area (Å²) in [5, 5.41) is 3.36. The van der Waals surface area contributed by atoms with Crippen LogP contribution in [0.1, 0.15) is 54.6 Å². The molecule has 0 radical (unpaired) electrons. The zero-order valence-corrected chi connectivity index (χ0v) is 24.5. The Morgan fingerprint density at radius 2 is 1.30 bits per heavy atom. The zero-order valence-electron chi connectivity index (χ0n) is 19.9. The Bertz CT molecular complexity index is 1230. The second kappa shape index (κ2) is 16.5. The maximum Gasteiger partial charge on any atom is 0.198 e. The molecule has 12 heteroatoms. The topological polar surface area (TPSA) is 105 Å². The van der Waals surface area contributed by atoms with Crippen LogP contribution in [0.5, 0.6) is 0 Å². The highest BCUT2D eigenvalue weighted by Gasteiger charge is 2.24. The normalized spacial score (nSPS) is 14.1. The summed E-state index contributed by atoms with van der Waals surface area (Å²) in [6.45, 7) is 0. The molecule has 4 N–H and O–H groups in total. The highest BCUT2D eigenvalue weighted by Crippen LogP contribution is 2.37. The first-order chi connectivity index (χ1) is 17.2. The number of alkyl halides is 1. The number of aromatic nitrogens is 1. The fraction of sp³-hybridized carbons (Fsp3) is 0.320. The molecule has 0 unspecified atom stereocenters. The lowest BCUT2D eigenvalue weighted by atomic mass is 9.95. The lowest BCUT2D eigenvalue weighted by molar-refractivity contribution is -0.137. The number of hydrazine groups is 1. The average Bonchev–Trinajstić information content (AvgIpc) is 3.29. The van der Waals surface area contributed by atoms with Crippen LogP contribution in [0.3, 0.4) is 0 Å². The third-order valence-corrected chi connectivity index (χ3v) is 6.71. The predicted molar refractivity (Wildman–Crippen MR) is 157 cm³/mol. The fourth-order valence-electron chi connectivity index (χ4n) is 3.79. The van der Waals surface area contributed by atoms with E-state index in [1.54, 1.807) is 30.3 Å². The van der Waals surface area contributed by atoms with E-state index in [1.165, 1.54) is 6.38 Å². The van der Waals surface area contributed by atoms with Crippen molar-refractivity contribution in [3.63, 3.8) is 0 Å². The number of carbonyl (C=O) groups is 3. The lowest BCUT2D eigenvalue weighted by Crippen LogP contribution is -2.17. The molecular weight excluding hydrogens is 603 g/mol. The van der Waals surface area contributed by atoms with Crippen LogP contribution in [0.25, 0.3) is 10.9 Å². The lowest BCUT2D eigenvalue weighted by Gasteiger charge is -2.09. The summed E-state index contributed by atoms with van der Waals surface area (Å²) in [7, 11) is 0. The smallest absolute Gasteiger partial charge is 0.198 e. The molecule has 1 saturated carbocycles. The maximum atomic E-state index is 11.8. The summed E-state index contributed by atoms with van der Waals surface area (Å²) in [5.41, 5.74) is 5.56. The van der Waals surface area contributed by atoms with Crippen molar-refractivity contribution in [3.05, 3.63) is 61.7 Å². The number of Topliss-reactive ketones (excluding diaryl/α,β-unsaturated/α-hetero) is 3. The number of fused-ring (bicyclic) bond motifs is 3. The number of aryl methyl sites for hydroxylation is 1. The molecule has 6 nitrogen and oxygen atoms in total. The summed E-state index contributed by atoms with van der Waals surface area (Å²) >= 11 is 28.2. The second-order valence-corrected chi connectivity index (χ2v) is 9.51. The first kappa shape index (κ1) is 33.5. The van der Waals surface area contributed by atoms with Gasteiger partial charge in [0.2, 0.25) is 0 Å². The number of halogens is 6. The number of nitrogen functional groups attached to an aromatic ring is 1. The van der Waals surface area contributed by atoms with Crippen LogP contribution in [-0.4, -0.2) is 28.7 Å². The number of benzene rings is 2. The van der Waals surface area contributed by atoms with Gasteiger partial charge in [0.1, 0.15) is 0 Å². The molecule has 5 rings (SSSR count). The van der Waals surface area contributed by atoms with Crippen molar-refractivity contribution < 1.29 is 14.4 Å². The van der Waals surface area contributed by atoms with Crippen LogP contribution in [0.4, 0.5) is 5.69 Å². The van der Waals surface area contributed by atoms with E-state index in [0.29, 0.717) is 50.7 Å². The fourth-order valence-corrected chi connectivity index (χ4v) is 4.61. The van der Waals surface area contributed by atoms with Crippen LogP contribution in [0.15, 0.2) is 30.3 Å². The highest BCUT2D eigenvalue weighted by molar-refractivity contribution is 6.40. The van der Waals surface area contributed by atoms with E-state index in [-0.39, 0.29) is 29.8 Å². The van der Waals surface area contributed by atoms with E-state index in [4.69, 9.17) is 52.2 Å². The number of nitrogens with one attached hydrogen (secondary N) is 2. The molecule has 37 heavy (non-hydrogen) atoms. The van der Waals surface area contributed by atoms with Gasteiger partial charge >= 0.3 is 0 Å². The number of nitrogens with two attached hydrogens (primary N) is 1. The Kier molecular flexibility index (Phi) is 14.9. The number of hydrogen-bond acceptors (Lipinski definition) is 5. The van der Waals surface area contributed by atoms with E-state index in [2.05, 4.69) is 22.0 Å². The quantitative estimate of drug-likeness (QED) is 0.109. The molecule has 0 amide bonds. The molecular formula is C25H27Cl6N3O3. The van der Waals surface area contributed by atoms with E-state index < -0.39 is 0 Å². The van der Waals surface area contributed by atoms with Crippen LogP contribution in [0.2, 0.25) is 20.1 Å². The number of aromatic amines is 1. The minimum atomic E-state index is -0.170. The standard InChI is InChI=1S/C12H9Cl2NO.C6H6Cl2N2.C6H8O2.CH3Cl.ClH/c13-7-4-5-8(14)12-10(7)6-2-1-3-9(16)11(6)15-12;7-4-1-2-5(8)6(3-4)10-9;7-5-3-1-2-4-6(5)8;1-2;/h4-5,15H,1-3H2;1-3,10H,9H2;1-4H2;1H3;1H. The van der Waals surface area contributed by atoms with Crippen molar-refractivity contribution in [2.75, 3.05) is 11.8 Å². The van der Waals surface area contributed by atoms with Gasteiger partial charge in [0, 0.05) is 36.1 Å². The van der Waals surface area contributed by atoms with Crippen molar-refractivity contribution in [2.24, 2.45) is 5.84 Å². The molecule has 0 aliphatic heterocycles. The van der Waals surface area contributed by atoms with Gasteiger partial charge in [-0.05, 0) is 61.6 Å². The van der Waals surface area contributed by atoms with Crippen molar-refractivity contribution in [2.45, 2.75) is 44.9 Å². The molecule has 3 aromatic rings. The number of rotatable bonds is 1. The van der Waals surface area contributed by atoms with Gasteiger partial charge in [0.15, 0.2) is 17.3 Å². The molecule has 0 saturated heterocycles. The van der Waals surface area contributed by atoms with Gasteiger partial charge in [0.25, 0.3) is 0 Å². The molecule has 2 aromatic carbocycles. The Hall–Kier alpha value is -1.51. The van der Waals surface area contributed by atoms with Gasteiger partial charge < -0.3 is 10.4 Å². The van der Waals surface area contributed by atoms with E-state index in [9.17, 15) is 14.4 Å². The monoisotopic (exact) mass is 627 g/mol. The molecule has 0 spiro atoms. The van der Waals surface area contributed by atoms with Crippen molar-refractivity contribution in [1.29, 1.82) is 0 Å². The summed E-state index contributed by atoms with van der Waals surface area (Å²) in [5.74, 6) is 4.94. The van der Waals surface area contributed by atoms with Gasteiger partial charge in [-0.15, -0.1) is 24.0 Å². The summed E-state index contributed by atoms with van der Waals surface area (Å²) in [4.78, 5) is 35.8. The Morgan fingerprint density at radius 3 is 1.84 bits per heavy atom. The second-order valence-electron chi connectivity index (χ2n) is 7.86. The molecule has 1 heterocycles. The van der Waals surface area contributed by atoms with Gasteiger partial charge in [-0.1, -0.05) is 46.4 Å². The van der Waals surface area contributed by atoms with Crippen LogP contribution >= 0.6 is 70.4 Å². The van der Waals surface area contributed by atoms with E-state index in [1.807, 2.05) is 0 Å². The molecule has 1 fully saturated rings. The van der Waals surface area contributed by atoms with Gasteiger partial charge in [-0.3, -0.25) is 20.2 Å². The summed E-state index contributed by atoms with van der Waals surface area (Å²) < 4.78 is 0. The Morgan fingerprint density at radius 1 is 0.757 bits per heavy atom.